The maximum atomic E-state index is 13.9. The van der Waals surface area contributed by atoms with Crippen molar-refractivity contribution in [1.82, 2.24) is 0 Å². The number of nitriles is 1. The van der Waals surface area contributed by atoms with Gasteiger partial charge in [0.25, 0.3) is 0 Å². The van der Waals surface area contributed by atoms with Crippen molar-refractivity contribution in [2.75, 3.05) is 0 Å². The van der Waals surface area contributed by atoms with E-state index in [9.17, 15) is 13.6 Å². The van der Waals surface area contributed by atoms with Crippen LogP contribution in [-0.2, 0) is 4.79 Å². The number of fused-ring (bicyclic) bond motifs is 1. The second-order valence-electron chi connectivity index (χ2n) is 10.8. The van der Waals surface area contributed by atoms with E-state index < -0.39 is 17.2 Å². The van der Waals surface area contributed by atoms with Gasteiger partial charge in [-0.1, -0.05) is 37.8 Å². The quantitative estimate of drug-likeness (QED) is 0.243. The average Bonchev–Trinajstić information content (AvgIpc) is 2.84. The second kappa shape index (κ2) is 11.5. The van der Waals surface area contributed by atoms with Crippen LogP contribution < -0.4 is 4.74 Å². The number of carbonyl (C=O) groups is 1. The minimum Gasteiger partial charge on any atom is -0.426 e. The first-order chi connectivity index (χ1) is 16.5. The zero-order chi connectivity index (χ0) is 24.1. The standard InChI is InChI=1S/C29H37F2NO2/c1-2-3-4-6-19-9-11-20(12-10-19)21-13-14-24-22(15-21)7-5-8-25(24)29(33)34-23-16-27(30)26(18-32)28(31)17-23/h2-3,16-17,19-22,24-25H,4-15H2,1H3/b3-2+. The van der Waals surface area contributed by atoms with Gasteiger partial charge in [0.1, 0.15) is 29.0 Å². The van der Waals surface area contributed by atoms with Crippen LogP contribution in [0.5, 0.6) is 5.75 Å². The number of benzene rings is 1. The Kier molecular flexibility index (Phi) is 8.40. The van der Waals surface area contributed by atoms with Gasteiger partial charge in [-0.3, -0.25) is 4.79 Å². The molecule has 0 aromatic heterocycles. The maximum Gasteiger partial charge on any atom is 0.314 e. The molecule has 3 nitrogen and oxygen atoms in total. The molecule has 3 aliphatic carbocycles. The highest BCUT2D eigenvalue weighted by atomic mass is 19.1. The molecule has 1 aromatic carbocycles. The lowest BCUT2D eigenvalue weighted by Crippen LogP contribution is -2.40. The summed E-state index contributed by atoms with van der Waals surface area (Å²) in [7, 11) is 0. The van der Waals surface area contributed by atoms with Gasteiger partial charge in [0.2, 0.25) is 0 Å². The highest BCUT2D eigenvalue weighted by Crippen LogP contribution is 2.50. The number of rotatable bonds is 6. The zero-order valence-electron chi connectivity index (χ0n) is 20.3. The van der Waals surface area contributed by atoms with Crippen molar-refractivity contribution in [1.29, 1.82) is 5.26 Å². The fourth-order valence-corrected chi connectivity index (χ4v) is 7.07. The van der Waals surface area contributed by atoms with E-state index in [0.717, 1.165) is 49.1 Å². The first-order valence-electron chi connectivity index (χ1n) is 13.2. The Bertz CT molecular complexity index is 906. The van der Waals surface area contributed by atoms with Crippen molar-refractivity contribution < 1.29 is 18.3 Å². The van der Waals surface area contributed by atoms with Crippen LogP contribution >= 0.6 is 0 Å². The van der Waals surface area contributed by atoms with Gasteiger partial charge in [-0.25, -0.2) is 8.78 Å². The van der Waals surface area contributed by atoms with Gasteiger partial charge in [-0.05, 0) is 87.9 Å². The van der Waals surface area contributed by atoms with Crippen molar-refractivity contribution in [3.8, 4) is 11.8 Å². The van der Waals surface area contributed by atoms with Crippen LogP contribution in [0.4, 0.5) is 8.78 Å². The first-order valence-corrected chi connectivity index (χ1v) is 13.2. The lowest BCUT2D eigenvalue weighted by molar-refractivity contribution is -0.144. The number of carbonyl (C=O) groups excluding carboxylic acids is 1. The van der Waals surface area contributed by atoms with E-state index in [1.165, 1.54) is 63.9 Å². The van der Waals surface area contributed by atoms with Crippen LogP contribution in [0.3, 0.4) is 0 Å². The molecule has 0 radical (unpaired) electrons. The molecule has 0 N–H and O–H groups in total. The second-order valence-corrected chi connectivity index (χ2v) is 10.8. The number of halogens is 2. The Labute approximate surface area is 202 Å². The molecule has 4 atom stereocenters. The third-order valence-electron chi connectivity index (χ3n) is 8.87. The van der Waals surface area contributed by atoms with E-state index in [1.807, 2.05) is 0 Å². The smallest absolute Gasteiger partial charge is 0.314 e. The Morgan fingerprint density at radius 3 is 2.41 bits per heavy atom. The molecule has 0 bridgehead atoms. The lowest BCUT2D eigenvalue weighted by Gasteiger charge is -2.46. The van der Waals surface area contributed by atoms with Gasteiger partial charge in [-0.15, -0.1) is 0 Å². The molecule has 5 heteroatoms. The summed E-state index contributed by atoms with van der Waals surface area (Å²) in [5.74, 6) is 0.616. The van der Waals surface area contributed by atoms with E-state index in [0.29, 0.717) is 11.8 Å². The molecule has 184 valence electrons. The first kappa shape index (κ1) is 24.9. The largest absolute Gasteiger partial charge is 0.426 e. The van der Waals surface area contributed by atoms with E-state index in [4.69, 9.17) is 10.00 Å². The number of hydrogen-bond donors (Lipinski definition) is 0. The number of ether oxygens (including phenoxy) is 1. The molecule has 0 heterocycles. The van der Waals surface area contributed by atoms with Crippen molar-refractivity contribution >= 4 is 5.97 Å². The molecule has 0 amide bonds. The van der Waals surface area contributed by atoms with E-state index in [1.54, 1.807) is 0 Å². The van der Waals surface area contributed by atoms with Crippen LogP contribution in [0.1, 0.15) is 89.5 Å². The normalized spacial score (nSPS) is 31.6. The van der Waals surface area contributed by atoms with Crippen molar-refractivity contribution in [3.63, 3.8) is 0 Å². The molecule has 0 spiro atoms. The van der Waals surface area contributed by atoms with Crippen LogP contribution in [0, 0.1) is 58.5 Å². The molecule has 4 rings (SSSR count). The Morgan fingerprint density at radius 2 is 1.74 bits per heavy atom. The fourth-order valence-electron chi connectivity index (χ4n) is 7.07. The summed E-state index contributed by atoms with van der Waals surface area (Å²) in [6.45, 7) is 2.09. The predicted octanol–water partition coefficient (Wildman–Crippen LogP) is 7.74. The summed E-state index contributed by atoms with van der Waals surface area (Å²) >= 11 is 0. The minimum atomic E-state index is -0.996. The fraction of sp³-hybridized carbons (Fsp3) is 0.655. The van der Waals surface area contributed by atoms with Crippen molar-refractivity contribution in [3.05, 3.63) is 41.5 Å². The summed E-state index contributed by atoms with van der Waals surface area (Å²) < 4.78 is 33.3. The Morgan fingerprint density at radius 1 is 1.03 bits per heavy atom. The minimum absolute atomic E-state index is 0.152. The number of allylic oxidation sites excluding steroid dienone is 2. The molecule has 4 unspecified atom stereocenters. The van der Waals surface area contributed by atoms with Gasteiger partial charge in [0.05, 0.1) is 5.92 Å². The zero-order valence-corrected chi connectivity index (χ0v) is 20.3. The molecule has 0 saturated heterocycles. The van der Waals surface area contributed by atoms with Crippen LogP contribution in [0.25, 0.3) is 0 Å². The van der Waals surface area contributed by atoms with Crippen molar-refractivity contribution in [2.24, 2.45) is 35.5 Å². The molecule has 1 aromatic rings. The van der Waals surface area contributed by atoms with E-state index >= 15 is 0 Å². The molecular weight excluding hydrogens is 432 g/mol. The molecule has 34 heavy (non-hydrogen) atoms. The molecule has 3 saturated carbocycles. The number of hydrogen-bond acceptors (Lipinski definition) is 3. The Balaban J connectivity index is 1.32. The molecule has 3 aliphatic rings. The highest BCUT2D eigenvalue weighted by molar-refractivity contribution is 5.75. The van der Waals surface area contributed by atoms with Crippen LogP contribution in [-0.4, -0.2) is 5.97 Å². The average molecular weight is 470 g/mol. The Hall–Kier alpha value is -2.22. The third kappa shape index (κ3) is 5.70. The maximum absolute atomic E-state index is 13.9. The van der Waals surface area contributed by atoms with E-state index in [-0.39, 0.29) is 17.6 Å². The third-order valence-corrected chi connectivity index (χ3v) is 8.87. The van der Waals surface area contributed by atoms with Crippen LogP contribution in [0.15, 0.2) is 24.3 Å². The van der Waals surface area contributed by atoms with Gasteiger partial charge in [-0.2, -0.15) is 5.26 Å². The summed E-state index contributed by atoms with van der Waals surface area (Å²) in [5.41, 5.74) is -0.650. The summed E-state index contributed by atoms with van der Waals surface area (Å²) in [4.78, 5) is 13.0. The van der Waals surface area contributed by atoms with Crippen LogP contribution in [0.2, 0.25) is 0 Å². The lowest BCUT2D eigenvalue weighted by atomic mass is 9.59. The van der Waals surface area contributed by atoms with Gasteiger partial charge < -0.3 is 4.74 Å². The molecule has 0 aliphatic heterocycles. The summed E-state index contributed by atoms with van der Waals surface area (Å²) in [6, 6.07) is 3.37. The van der Waals surface area contributed by atoms with Gasteiger partial charge >= 0.3 is 5.97 Å². The summed E-state index contributed by atoms with van der Waals surface area (Å²) in [5, 5.41) is 8.84. The predicted molar refractivity (Wildman–Crippen MR) is 128 cm³/mol. The SMILES string of the molecule is C/C=C/CCC1CCC(C2CCC3C(CCCC3C(=O)Oc3cc(F)c(C#N)c(F)c3)C2)CC1. The number of nitrogens with zero attached hydrogens (tertiary/aromatic N) is 1. The van der Waals surface area contributed by atoms with E-state index in [2.05, 4.69) is 19.1 Å². The number of esters is 1. The summed E-state index contributed by atoms with van der Waals surface area (Å²) in [6.07, 6.45) is 18.8. The highest BCUT2D eigenvalue weighted by Gasteiger charge is 2.43. The monoisotopic (exact) mass is 469 g/mol. The van der Waals surface area contributed by atoms with Gasteiger partial charge in [0.15, 0.2) is 0 Å². The van der Waals surface area contributed by atoms with Crippen molar-refractivity contribution in [2.45, 2.75) is 84.0 Å². The van der Waals surface area contributed by atoms with Gasteiger partial charge in [0, 0.05) is 12.1 Å². The molecule has 3 fully saturated rings. The topological polar surface area (TPSA) is 50.1 Å². The molecular formula is C29H37F2NO2.